The van der Waals surface area contributed by atoms with E-state index in [0.717, 1.165) is 11.3 Å². The predicted octanol–water partition coefficient (Wildman–Crippen LogP) is 4.08. The maximum atomic E-state index is 4.11. The number of benzene rings is 1. The van der Waals surface area contributed by atoms with Crippen molar-refractivity contribution in [3.05, 3.63) is 65.4 Å². The summed E-state index contributed by atoms with van der Waals surface area (Å²) in [5, 5.41) is 3.11. The van der Waals surface area contributed by atoms with Crippen molar-refractivity contribution in [1.29, 1.82) is 0 Å². The number of hydrogen-bond donors (Lipinski definition) is 1. The molecule has 1 aromatic rings. The molecule has 17 heavy (non-hydrogen) atoms. The van der Waals surface area contributed by atoms with Crippen molar-refractivity contribution in [2.24, 2.45) is 0 Å². The van der Waals surface area contributed by atoms with Crippen molar-refractivity contribution in [2.45, 2.75) is 20.8 Å². The van der Waals surface area contributed by atoms with E-state index in [9.17, 15) is 0 Å². The van der Waals surface area contributed by atoms with Crippen LogP contribution < -0.4 is 5.32 Å². The lowest BCUT2D eigenvalue weighted by molar-refractivity contribution is 0.986. The van der Waals surface area contributed by atoms with Gasteiger partial charge < -0.3 is 5.32 Å². The normalized spacial score (nSPS) is 12.5. The van der Waals surface area contributed by atoms with E-state index in [1.165, 1.54) is 16.7 Å². The fourth-order valence-electron chi connectivity index (χ4n) is 1.66. The van der Waals surface area contributed by atoms with E-state index in [4.69, 9.17) is 0 Å². The summed E-state index contributed by atoms with van der Waals surface area (Å²) in [5.74, 6) is 0. The largest absolute Gasteiger partial charge is 0.392 e. The van der Waals surface area contributed by atoms with Gasteiger partial charge in [0.1, 0.15) is 0 Å². The van der Waals surface area contributed by atoms with Crippen LogP contribution >= 0.6 is 0 Å². The number of rotatable bonds is 4. The Morgan fingerprint density at radius 3 is 2.53 bits per heavy atom. The minimum Gasteiger partial charge on any atom is -0.392 e. The first-order valence-electron chi connectivity index (χ1n) is 5.83. The fourth-order valence-corrected chi connectivity index (χ4v) is 1.66. The minimum atomic E-state index is 1.05. The summed E-state index contributed by atoms with van der Waals surface area (Å²) in [4.78, 5) is 0. The van der Waals surface area contributed by atoms with Crippen LogP contribution in [-0.2, 0) is 0 Å². The first kappa shape index (κ1) is 13.3. The van der Waals surface area contributed by atoms with Gasteiger partial charge in [0.2, 0.25) is 0 Å². The van der Waals surface area contributed by atoms with Crippen LogP contribution in [0.2, 0.25) is 0 Å². The van der Waals surface area contributed by atoms with Crippen LogP contribution in [0.1, 0.15) is 25.0 Å². The summed E-state index contributed by atoms with van der Waals surface area (Å²) in [5.41, 5.74) is 5.84. The molecule has 0 radical (unpaired) electrons. The second-order valence-corrected chi connectivity index (χ2v) is 4.36. The smallest absolute Gasteiger partial charge is 0.00750 e. The lowest BCUT2D eigenvalue weighted by Gasteiger charge is -2.04. The standard InChI is InChI=1S/C16H21N/c1-12-7-6-8-16(11-12)14(3)9-13(2)10-15(4)17-5/h6-11,17H,3H2,1-2,4-5H3/b13-9-,15-10+. The van der Waals surface area contributed by atoms with Crippen molar-refractivity contribution in [1.82, 2.24) is 5.32 Å². The van der Waals surface area contributed by atoms with Gasteiger partial charge in [-0.2, -0.15) is 0 Å². The summed E-state index contributed by atoms with van der Waals surface area (Å²) in [6.07, 6.45) is 4.22. The summed E-state index contributed by atoms with van der Waals surface area (Å²) < 4.78 is 0. The van der Waals surface area contributed by atoms with Crippen molar-refractivity contribution in [3.8, 4) is 0 Å². The highest BCUT2D eigenvalue weighted by Gasteiger charge is 1.96. The molecule has 0 unspecified atom stereocenters. The molecule has 0 saturated carbocycles. The Kier molecular flexibility index (Phi) is 4.77. The second-order valence-electron chi connectivity index (χ2n) is 4.36. The Balaban J connectivity index is 2.89. The first-order valence-corrected chi connectivity index (χ1v) is 5.83. The second kappa shape index (κ2) is 6.09. The molecule has 0 atom stereocenters. The van der Waals surface area contributed by atoms with Gasteiger partial charge in [-0.3, -0.25) is 0 Å². The highest BCUT2D eigenvalue weighted by Crippen LogP contribution is 2.17. The van der Waals surface area contributed by atoms with E-state index >= 15 is 0 Å². The molecule has 0 aliphatic heterocycles. The zero-order chi connectivity index (χ0) is 12.8. The average Bonchev–Trinajstić information content (AvgIpc) is 2.28. The van der Waals surface area contributed by atoms with E-state index in [0.29, 0.717) is 0 Å². The van der Waals surface area contributed by atoms with Crippen molar-refractivity contribution >= 4 is 5.57 Å². The fraction of sp³-hybridized carbons (Fsp3) is 0.250. The number of hydrogen-bond acceptors (Lipinski definition) is 1. The monoisotopic (exact) mass is 227 g/mol. The van der Waals surface area contributed by atoms with E-state index in [2.05, 4.69) is 62.2 Å². The lowest BCUT2D eigenvalue weighted by Crippen LogP contribution is -2.01. The molecule has 0 aliphatic carbocycles. The zero-order valence-corrected chi connectivity index (χ0v) is 11.2. The highest BCUT2D eigenvalue weighted by atomic mass is 14.8. The molecule has 0 saturated heterocycles. The SMILES string of the molecule is C=C(/C=C(C)\C=C(/C)NC)c1cccc(C)c1. The highest BCUT2D eigenvalue weighted by molar-refractivity contribution is 5.73. The molecule has 0 aromatic heterocycles. The molecular formula is C16H21N. The van der Waals surface area contributed by atoms with Crippen LogP contribution in [0.3, 0.4) is 0 Å². The third-order valence-corrected chi connectivity index (χ3v) is 2.63. The van der Waals surface area contributed by atoms with Crippen LogP contribution in [0.5, 0.6) is 0 Å². The van der Waals surface area contributed by atoms with Gasteiger partial charge in [0, 0.05) is 12.7 Å². The van der Waals surface area contributed by atoms with Gasteiger partial charge in [-0.1, -0.05) is 42.5 Å². The number of allylic oxidation sites excluding steroid dienone is 5. The molecule has 0 amide bonds. The topological polar surface area (TPSA) is 12.0 Å². The van der Waals surface area contributed by atoms with Gasteiger partial charge in [0.25, 0.3) is 0 Å². The van der Waals surface area contributed by atoms with Crippen LogP contribution in [0.15, 0.2) is 54.3 Å². The Morgan fingerprint density at radius 1 is 1.24 bits per heavy atom. The molecule has 1 nitrogen and oxygen atoms in total. The first-order chi connectivity index (χ1) is 8.02. The molecule has 0 fully saturated rings. The lowest BCUT2D eigenvalue weighted by atomic mass is 10.0. The van der Waals surface area contributed by atoms with E-state index < -0.39 is 0 Å². The number of aryl methyl sites for hydroxylation is 1. The molecule has 1 N–H and O–H groups in total. The molecule has 1 rings (SSSR count). The van der Waals surface area contributed by atoms with Crippen LogP contribution in [0, 0.1) is 6.92 Å². The summed E-state index contributed by atoms with van der Waals surface area (Å²) in [6.45, 7) is 10.3. The summed E-state index contributed by atoms with van der Waals surface area (Å²) >= 11 is 0. The van der Waals surface area contributed by atoms with E-state index in [1.807, 2.05) is 14.0 Å². The molecule has 90 valence electrons. The van der Waals surface area contributed by atoms with Gasteiger partial charge in [0.15, 0.2) is 0 Å². The van der Waals surface area contributed by atoms with Crippen molar-refractivity contribution in [2.75, 3.05) is 7.05 Å². The quantitative estimate of drug-likeness (QED) is 0.764. The Labute approximate surface area is 105 Å². The van der Waals surface area contributed by atoms with Gasteiger partial charge in [0.05, 0.1) is 0 Å². The zero-order valence-electron chi connectivity index (χ0n) is 11.2. The van der Waals surface area contributed by atoms with Crippen LogP contribution in [-0.4, -0.2) is 7.05 Å². The van der Waals surface area contributed by atoms with Crippen LogP contribution in [0.25, 0.3) is 5.57 Å². The van der Waals surface area contributed by atoms with Crippen molar-refractivity contribution in [3.63, 3.8) is 0 Å². The molecule has 1 heteroatoms. The maximum Gasteiger partial charge on any atom is 0.00750 e. The summed E-state index contributed by atoms with van der Waals surface area (Å²) in [7, 11) is 1.93. The molecule has 0 heterocycles. The maximum absolute atomic E-state index is 4.11. The third kappa shape index (κ3) is 4.31. The Bertz CT molecular complexity index is 464. The Morgan fingerprint density at radius 2 is 1.94 bits per heavy atom. The van der Waals surface area contributed by atoms with Gasteiger partial charge in [-0.05, 0) is 43.6 Å². The van der Waals surface area contributed by atoms with E-state index in [1.54, 1.807) is 0 Å². The molecule has 0 aliphatic rings. The van der Waals surface area contributed by atoms with Gasteiger partial charge >= 0.3 is 0 Å². The third-order valence-electron chi connectivity index (χ3n) is 2.63. The molecule has 0 spiro atoms. The van der Waals surface area contributed by atoms with Crippen LogP contribution in [0.4, 0.5) is 0 Å². The molecule has 1 aromatic carbocycles. The van der Waals surface area contributed by atoms with Gasteiger partial charge in [-0.25, -0.2) is 0 Å². The molecular weight excluding hydrogens is 206 g/mol. The average molecular weight is 227 g/mol. The van der Waals surface area contributed by atoms with E-state index in [-0.39, 0.29) is 0 Å². The summed E-state index contributed by atoms with van der Waals surface area (Å²) in [6, 6.07) is 8.40. The predicted molar refractivity (Wildman–Crippen MR) is 76.8 cm³/mol. The minimum absolute atomic E-state index is 1.05. The van der Waals surface area contributed by atoms with Crippen molar-refractivity contribution < 1.29 is 0 Å². The number of nitrogens with one attached hydrogen (secondary N) is 1. The molecule has 0 bridgehead atoms. The Hall–Kier alpha value is -1.76. The van der Waals surface area contributed by atoms with Gasteiger partial charge in [-0.15, -0.1) is 0 Å².